The molecule has 0 fully saturated rings. The summed E-state index contributed by atoms with van der Waals surface area (Å²) in [7, 11) is 0. The minimum Gasteiger partial charge on any atom is -0.352 e. The fraction of sp³-hybridized carbons (Fsp3) is 0.310. The maximum atomic E-state index is 12.7. The predicted octanol–water partition coefficient (Wildman–Crippen LogP) is 5.58. The number of rotatable bonds is 9. The summed E-state index contributed by atoms with van der Waals surface area (Å²) in [5.41, 5.74) is 5.85. The van der Waals surface area contributed by atoms with E-state index in [0.717, 1.165) is 47.0 Å². The zero-order valence-electron chi connectivity index (χ0n) is 21.4. The lowest BCUT2D eigenvalue weighted by molar-refractivity contribution is -0.116. The molecule has 2 heterocycles. The molecule has 186 valence electrons. The number of hydrogen-bond acceptors (Lipinski definition) is 4. The Labute approximate surface area is 211 Å². The summed E-state index contributed by atoms with van der Waals surface area (Å²) in [6.07, 6.45) is 2.82. The first-order chi connectivity index (χ1) is 17.3. The van der Waals surface area contributed by atoms with Crippen molar-refractivity contribution in [2.45, 2.75) is 53.4 Å². The molecule has 0 radical (unpaired) electrons. The molecule has 0 saturated carbocycles. The molecule has 0 unspecified atom stereocenters. The molecule has 7 heteroatoms. The van der Waals surface area contributed by atoms with E-state index in [1.807, 2.05) is 37.3 Å². The van der Waals surface area contributed by atoms with E-state index in [1.54, 1.807) is 16.8 Å². The number of benzene rings is 2. The molecular weight excluding hydrogens is 450 g/mol. The normalized spacial score (nSPS) is 11.0. The highest BCUT2D eigenvalue weighted by Gasteiger charge is 2.14. The molecular formula is C29H33N5O2. The van der Waals surface area contributed by atoms with Gasteiger partial charge in [-0.05, 0) is 75.9 Å². The fourth-order valence-electron chi connectivity index (χ4n) is 4.39. The lowest BCUT2D eigenvalue weighted by atomic mass is 10.0. The standard InChI is InChI=1S/C29H33N5O2/c1-19-15-21(3)28-24(16-19)20(2)17-25(32-28)34-26(18-22(4)33-34)31-27(35)13-9-6-10-14-30-29(36)23-11-7-5-8-12-23/h5,7-8,11-12,15-18H,6,9-10,13-14H2,1-4H3,(H,30,36)(H,31,35). The van der Waals surface area contributed by atoms with Gasteiger partial charge >= 0.3 is 0 Å². The molecule has 2 N–H and O–H groups in total. The monoisotopic (exact) mass is 483 g/mol. The molecule has 0 aliphatic heterocycles. The maximum Gasteiger partial charge on any atom is 0.251 e. The highest BCUT2D eigenvalue weighted by Crippen LogP contribution is 2.26. The zero-order chi connectivity index (χ0) is 25.7. The number of aryl methyl sites for hydroxylation is 4. The van der Waals surface area contributed by atoms with Crippen LogP contribution in [0.25, 0.3) is 16.7 Å². The van der Waals surface area contributed by atoms with Gasteiger partial charge in [0.25, 0.3) is 5.91 Å². The van der Waals surface area contributed by atoms with Crippen molar-refractivity contribution in [1.29, 1.82) is 0 Å². The number of hydrogen-bond donors (Lipinski definition) is 2. The summed E-state index contributed by atoms with van der Waals surface area (Å²) < 4.78 is 1.71. The summed E-state index contributed by atoms with van der Waals surface area (Å²) in [6.45, 7) is 8.72. The van der Waals surface area contributed by atoms with E-state index >= 15 is 0 Å². The lowest BCUT2D eigenvalue weighted by Crippen LogP contribution is -2.24. The van der Waals surface area contributed by atoms with Gasteiger partial charge in [-0.2, -0.15) is 9.78 Å². The fourth-order valence-corrected chi connectivity index (χ4v) is 4.39. The number of unbranched alkanes of at least 4 members (excludes halogenated alkanes) is 2. The quantitative estimate of drug-likeness (QED) is 0.304. The van der Waals surface area contributed by atoms with Crippen LogP contribution in [0.2, 0.25) is 0 Å². The largest absolute Gasteiger partial charge is 0.352 e. The van der Waals surface area contributed by atoms with Crippen LogP contribution in [0.15, 0.2) is 54.6 Å². The summed E-state index contributed by atoms with van der Waals surface area (Å²) in [6, 6.07) is 17.3. The summed E-state index contributed by atoms with van der Waals surface area (Å²) >= 11 is 0. The first-order valence-corrected chi connectivity index (χ1v) is 12.4. The van der Waals surface area contributed by atoms with Crippen molar-refractivity contribution in [2.24, 2.45) is 0 Å². The SMILES string of the molecule is Cc1cc(C)c2nc(-n3nc(C)cc3NC(=O)CCCCCNC(=O)c3ccccc3)cc(C)c2c1. The second-order valence-corrected chi connectivity index (χ2v) is 9.34. The van der Waals surface area contributed by atoms with Crippen molar-refractivity contribution >= 4 is 28.5 Å². The van der Waals surface area contributed by atoms with E-state index in [-0.39, 0.29) is 11.8 Å². The number of carbonyl (C=O) groups is 2. The van der Waals surface area contributed by atoms with E-state index < -0.39 is 0 Å². The number of anilines is 1. The van der Waals surface area contributed by atoms with Crippen molar-refractivity contribution in [3.05, 3.63) is 82.5 Å². The number of pyridine rings is 1. The van der Waals surface area contributed by atoms with Crippen LogP contribution in [0, 0.1) is 27.7 Å². The molecule has 0 saturated heterocycles. The molecule has 2 aromatic heterocycles. The van der Waals surface area contributed by atoms with Gasteiger partial charge in [-0.1, -0.05) is 36.2 Å². The molecule has 4 aromatic rings. The van der Waals surface area contributed by atoms with Gasteiger partial charge in [-0.25, -0.2) is 4.98 Å². The number of carbonyl (C=O) groups excluding carboxylic acids is 2. The van der Waals surface area contributed by atoms with Crippen LogP contribution in [-0.2, 0) is 4.79 Å². The molecule has 0 aliphatic rings. The highest BCUT2D eigenvalue weighted by atomic mass is 16.2. The second kappa shape index (κ2) is 11.2. The Balaban J connectivity index is 1.33. The van der Waals surface area contributed by atoms with Crippen LogP contribution in [-0.4, -0.2) is 33.1 Å². The van der Waals surface area contributed by atoms with Gasteiger partial charge < -0.3 is 10.6 Å². The number of amides is 2. The van der Waals surface area contributed by atoms with Crippen molar-refractivity contribution in [2.75, 3.05) is 11.9 Å². The molecule has 36 heavy (non-hydrogen) atoms. The van der Waals surface area contributed by atoms with E-state index in [4.69, 9.17) is 4.98 Å². The van der Waals surface area contributed by atoms with Gasteiger partial charge in [0, 0.05) is 30.0 Å². The second-order valence-electron chi connectivity index (χ2n) is 9.34. The Morgan fingerprint density at radius 1 is 0.889 bits per heavy atom. The molecule has 4 rings (SSSR count). The zero-order valence-corrected chi connectivity index (χ0v) is 21.4. The molecule has 0 atom stereocenters. The van der Waals surface area contributed by atoms with Gasteiger partial charge in [0.05, 0.1) is 11.2 Å². The van der Waals surface area contributed by atoms with Gasteiger partial charge in [0.15, 0.2) is 5.82 Å². The predicted molar refractivity (Wildman–Crippen MR) is 144 cm³/mol. The smallest absolute Gasteiger partial charge is 0.251 e. The van der Waals surface area contributed by atoms with Crippen LogP contribution in [0.3, 0.4) is 0 Å². The number of fused-ring (bicyclic) bond motifs is 1. The third-order valence-corrected chi connectivity index (χ3v) is 6.16. The van der Waals surface area contributed by atoms with Crippen LogP contribution in [0.1, 0.15) is 58.4 Å². The Bertz CT molecular complexity index is 1390. The third kappa shape index (κ3) is 5.97. The lowest BCUT2D eigenvalue weighted by Gasteiger charge is -2.12. The number of aromatic nitrogens is 3. The van der Waals surface area contributed by atoms with E-state index in [1.165, 1.54) is 5.56 Å². The van der Waals surface area contributed by atoms with Gasteiger partial charge in [0.2, 0.25) is 5.91 Å². The van der Waals surface area contributed by atoms with E-state index in [0.29, 0.717) is 30.2 Å². The molecule has 0 spiro atoms. The first-order valence-electron chi connectivity index (χ1n) is 12.4. The summed E-state index contributed by atoms with van der Waals surface area (Å²) in [4.78, 5) is 29.6. The van der Waals surface area contributed by atoms with E-state index in [2.05, 4.69) is 48.6 Å². The molecule has 2 amide bonds. The number of nitrogens with zero attached hydrogens (tertiary/aromatic N) is 3. The van der Waals surface area contributed by atoms with Gasteiger partial charge in [0.1, 0.15) is 5.82 Å². The topological polar surface area (TPSA) is 88.9 Å². The average molecular weight is 484 g/mol. The van der Waals surface area contributed by atoms with Crippen LogP contribution in [0.4, 0.5) is 5.82 Å². The highest BCUT2D eigenvalue weighted by molar-refractivity contribution is 5.94. The minimum absolute atomic E-state index is 0.0613. The van der Waals surface area contributed by atoms with Crippen molar-refractivity contribution in [3.8, 4) is 5.82 Å². The Hall–Kier alpha value is -4.00. The van der Waals surface area contributed by atoms with Crippen molar-refractivity contribution in [1.82, 2.24) is 20.1 Å². The average Bonchev–Trinajstić information content (AvgIpc) is 3.21. The molecule has 7 nitrogen and oxygen atoms in total. The third-order valence-electron chi connectivity index (χ3n) is 6.16. The van der Waals surface area contributed by atoms with Crippen molar-refractivity contribution < 1.29 is 9.59 Å². The molecule has 0 aliphatic carbocycles. The van der Waals surface area contributed by atoms with Crippen LogP contribution >= 0.6 is 0 Å². The summed E-state index contributed by atoms with van der Waals surface area (Å²) in [5.74, 6) is 1.17. The summed E-state index contributed by atoms with van der Waals surface area (Å²) in [5, 5.41) is 11.6. The van der Waals surface area contributed by atoms with E-state index in [9.17, 15) is 9.59 Å². The molecule has 0 bridgehead atoms. The van der Waals surface area contributed by atoms with Crippen molar-refractivity contribution in [3.63, 3.8) is 0 Å². The Morgan fingerprint density at radius 2 is 1.67 bits per heavy atom. The molecule has 2 aromatic carbocycles. The Kier molecular flexibility index (Phi) is 7.78. The van der Waals surface area contributed by atoms with Gasteiger partial charge in [-0.3, -0.25) is 9.59 Å². The Morgan fingerprint density at radius 3 is 2.44 bits per heavy atom. The number of nitrogens with one attached hydrogen (secondary N) is 2. The van der Waals surface area contributed by atoms with Crippen LogP contribution in [0.5, 0.6) is 0 Å². The van der Waals surface area contributed by atoms with Gasteiger partial charge in [-0.15, -0.1) is 0 Å². The first kappa shape index (κ1) is 25.1. The minimum atomic E-state index is -0.0696. The van der Waals surface area contributed by atoms with Crippen LogP contribution < -0.4 is 10.6 Å². The maximum absolute atomic E-state index is 12.7.